The van der Waals surface area contributed by atoms with Crippen LogP contribution in [0.15, 0.2) is 48.7 Å². The van der Waals surface area contributed by atoms with Crippen LogP contribution in [0.2, 0.25) is 0 Å². The van der Waals surface area contributed by atoms with E-state index >= 15 is 0 Å². The summed E-state index contributed by atoms with van der Waals surface area (Å²) in [5.74, 6) is 0. The minimum absolute atomic E-state index is 0.859. The van der Waals surface area contributed by atoms with Crippen molar-refractivity contribution >= 4 is 17.1 Å². The van der Waals surface area contributed by atoms with Crippen molar-refractivity contribution in [1.29, 1.82) is 0 Å². The molecule has 2 aliphatic heterocycles. The third-order valence-corrected chi connectivity index (χ3v) is 4.35. The van der Waals surface area contributed by atoms with Gasteiger partial charge in [0.15, 0.2) is 0 Å². The number of nitrogens with zero attached hydrogens (tertiary/aromatic N) is 1. The van der Waals surface area contributed by atoms with Crippen LogP contribution < -0.4 is 16.0 Å². The van der Waals surface area contributed by atoms with Gasteiger partial charge in [-0.15, -0.1) is 0 Å². The Hall–Kier alpha value is -2.42. The molecule has 3 nitrogen and oxygen atoms in total. The van der Waals surface area contributed by atoms with Crippen molar-refractivity contribution in [3.8, 4) is 0 Å². The minimum Gasteiger partial charge on any atom is -0.399 e. The van der Waals surface area contributed by atoms with Gasteiger partial charge >= 0.3 is 0 Å². The molecule has 21 heavy (non-hydrogen) atoms. The van der Waals surface area contributed by atoms with Crippen molar-refractivity contribution in [2.24, 2.45) is 0 Å². The Bertz CT molecular complexity index is 733. The molecule has 2 aromatic carbocycles. The fraction of sp³-hybridized carbons (Fsp3) is 0.222. The quantitative estimate of drug-likeness (QED) is 0.827. The fourth-order valence-corrected chi connectivity index (χ4v) is 3.35. The molecule has 2 aromatic rings. The molecular weight excluding hydrogens is 258 g/mol. The average Bonchev–Trinajstić information content (AvgIpc) is 3.01. The number of hydrogen-bond donors (Lipinski definition) is 2. The number of allylic oxidation sites excluding steroid dienone is 1. The van der Waals surface area contributed by atoms with E-state index in [1.54, 1.807) is 0 Å². The summed E-state index contributed by atoms with van der Waals surface area (Å²) in [6, 6.07) is 12.9. The maximum absolute atomic E-state index is 5.87. The van der Waals surface area contributed by atoms with Gasteiger partial charge in [-0.3, -0.25) is 0 Å². The van der Waals surface area contributed by atoms with E-state index in [1.165, 1.54) is 28.1 Å². The van der Waals surface area contributed by atoms with Crippen molar-refractivity contribution in [3.05, 3.63) is 65.4 Å². The number of nitrogen functional groups attached to an aromatic ring is 1. The molecule has 4 rings (SSSR count). The molecule has 3 heteroatoms. The van der Waals surface area contributed by atoms with Gasteiger partial charge in [-0.2, -0.15) is 0 Å². The lowest BCUT2D eigenvalue weighted by Gasteiger charge is -2.20. The van der Waals surface area contributed by atoms with E-state index in [-0.39, 0.29) is 0 Å². The number of fused-ring (bicyclic) bond motifs is 2. The monoisotopic (exact) mass is 277 g/mol. The van der Waals surface area contributed by atoms with Crippen molar-refractivity contribution < 1.29 is 0 Å². The lowest BCUT2D eigenvalue weighted by atomic mass is 10.1. The predicted octanol–water partition coefficient (Wildman–Crippen LogP) is 3.31. The maximum atomic E-state index is 5.87. The lowest BCUT2D eigenvalue weighted by molar-refractivity contribution is 0.835. The lowest BCUT2D eigenvalue weighted by Crippen LogP contribution is -2.19. The molecule has 2 heterocycles. The normalized spacial score (nSPS) is 15.8. The molecule has 0 aliphatic carbocycles. The molecule has 0 saturated heterocycles. The molecule has 0 spiro atoms. The maximum Gasteiger partial charge on any atom is 0.0429 e. The standard InChI is InChI=1S/C18H19N3/c1-12-8-15-9-13(2-4-17(15)20-12)11-21-7-6-14-10-16(19)3-5-18(14)21/h2-5,9-10,20H,1,6-8,11,19H2. The van der Waals surface area contributed by atoms with E-state index < -0.39 is 0 Å². The molecule has 0 aromatic heterocycles. The zero-order valence-electron chi connectivity index (χ0n) is 12.0. The summed E-state index contributed by atoms with van der Waals surface area (Å²) in [6.45, 7) is 6.03. The molecule has 0 saturated carbocycles. The first-order chi connectivity index (χ1) is 10.2. The van der Waals surface area contributed by atoms with E-state index in [0.29, 0.717) is 0 Å². The first-order valence-electron chi connectivity index (χ1n) is 7.39. The van der Waals surface area contributed by atoms with Gasteiger partial charge in [0.2, 0.25) is 0 Å². The van der Waals surface area contributed by atoms with Gasteiger partial charge in [-0.05, 0) is 47.4 Å². The second kappa shape index (κ2) is 4.55. The van der Waals surface area contributed by atoms with Crippen molar-refractivity contribution in [2.75, 3.05) is 22.5 Å². The van der Waals surface area contributed by atoms with Crippen LogP contribution in [0.5, 0.6) is 0 Å². The van der Waals surface area contributed by atoms with Gasteiger partial charge in [0, 0.05) is 42.3 Å². The first kappa shape index (κ1) is 12.3. The van der Waals surface area contributed by atoms with Gasteiger partial charge < -0.3 is 16.0 Å². The summed E-state index contributed by atoms with van der Waals surface area (Å²) < 4.78 is 0. The fourth-order valence-electron chi connectivity index (χ4n) is 3.35. The van der Waals surface area contributed by atoms with Crippen LogP contribution >= 0.6 is 0 Å². The van der Waals surface area contributed by atoms with Gasteiger partial charge in [0.1, 0.15) is 0 Å². The number of benzene rings is 2. The highest BCUT2D eigenvalue weighted by Crippen LogP contribution is 2.32. The summed E-state index contributed by atoms with van der Waals surface area (Å²) >= 11 is 0. The molecule has 0 amide bonds. The van der Waals surface area contributed by atoms with E-state index in [4.69, 9.17) is 5.73 Å². The Balaban J connectivity index is 1.59. The Labute approximate surface area is 125 Å². The molecule has 0 bridgehead atoms. The van der Waals surface area contributed by atoms with Gasteiger partial charge in [0.25, 0.3) is 0 Å². The van der Waals surface area contributed by atoms with Crippen molar-refractivity contribution in [3.63, 3.8) is 0 Å². The van der Waals surface area contributed by atoms with Crippen LogP contribution in [0.4, 0.5) is 17.1 Å². The second-order valence-corrected chi connectivity index (χ2v) is 5.96. The van der Waals surface area contributed by atoms with Crippen LogP contribution in [0.1, 0.15) is 16.7 Å². The highest BCUT2D eigenvalue weighted by molar-refractivity contribution is 5.65. The van der Waals surface area contributed by atoms with E-state index in [1.807, 2.05) is 6.07 Å². The van der Waals surface area contributed by atoms with Gasteiger partial charge in [-0.1, -0.05) is 18.7 Å². The summed E-state index contributed by atoms with van der Waals surface area (Å²) in [7, 11) is 0. The van der Waals surface area contributed by atoms with Crippen LogP contribution in [0.25, 0.3) is 0 Å². The number of anilines is 3. The summed E-state index contributed by atoms with van der Waals surface area (Å²) in [6.07, 6.45) is 2.03. The van der Waals surface area contributed by atoms with Crippen LogP contribution in [-0.2, 0) is 19.4 Å². The van der Waals surface area contributed by atoms with E-state index in [9.17, 15) is 0 Å². The molecule has 0 atom stereocenters. The summed E-state index contributed by atoms with van der Waals surface area (Å²) in [5, 5.41) is 3.32. The number of hydrogen-bond acceptors (Lipinski definition) is 3. The molecule has 3 N–H and O–H groups in total. The van der Waals surface area contributed by atoms with Crippen LogP contribution in [-0.4, -0.2) is 6.54 Å². The Kier molecular flexibility index (Phi) is 2.67. The van der Waals surface area contributed by atoms with Crippen molar-refractivity contribution in [2.45, 2.75) is 19.4 Å². The third kappa shape index (κ3) is 2.15. The second-order valence-electron chi connectivity index (χ2n) is 5.96. The molecule has 2 aliphatic rings. The third-order valence-electron chi connectivity index (χ3n) is 4.35. The Morgan fingerprint density at radius 1 is 1.14 bits per heavy atom. The summed E-state index contributed by atoms with van der Waals surface area (Å²) in [5.41, 5.74) is 14.4. The highest BCUT2D eigenvalue weighted by atomic mass is 15.1. The first-order valence-corrected chi connectivity index (χ1v) is 7.39. The van der Waals surface area contributed by atoms with E-state index in [2.05, 4.69) is 47.1 Å². The molecule has 0 unspecified atom stereocenters. The molecular formula is C18H19N3. The summed E-state index contributed by atoms with van der Waals surface area (Å²) in [4.78, 5) is 2.44. The Morgan fingerprint density at radius 3 is 2.95 bits per heavy atom. The number of nitrogens with one attached hydrogen (secondary N) is 1. The SMILES string of the molecule is C=C1Cc2cc(CN3CCc4cc(N)ccc43)ccc2N1. The van der Waals surface area contributed by atoms with Gasteiger partial charge in [-0.25, -0.2) is 0 Å². The minimum atomic E-state index is 0.859. The number of nitrogens with two attached hydrogens (primary N) is 1. The zero-order valence-corrected chi connectivity index (χ0v) is 12.0. The zero-order chi connectivity index (χ0) is 14.4. The van der Waals surface area contributed by atoms with Crippen molar-refractivity contribution in [1.82, 2.24) is 0 Å². The molecule has 106 valence electrons. The van der Waals surface area contributed by atoms with Gasteiger partial charge in [0.05, 0.1) is 0 Å². The van der Waals surface area contributed by atoms with Crippen LogP contribution in [0.3, 0.4) is 0 Å². The molecule has 0 fully saturated rings. The molecule has 0 radical (unpaired) electrons. The smallest absolute Gasteiger partial charge is 0.0429 e. The van der Waals surface area contributed by atoms with Crippen LogP contribution in [0, 0.1) is 0 Å². The predicted molar refractivity (Wildman–Crippen MR) is 88.5 cm³/mol. The average molecular weight is 277 g/mol. The highest BCUT2D eigenvalue weighted by Gasteiger charge is 2.20. The Morgan fingerprint density at radius 2 is 2.05 bits per heavy atom. The van der Waals surface area contributed by atoms with E-state index in [0.717, 1.165) is 37.3 Å². The topological polar surface area (TPSA) is 41.3 Å². The largest absolute Gasteiger partial charge is 0.399 e. The number of rotatable bonds is 2.